The van der Waals surface area contributed by atoms with E-state index in [4.69, 9.17) is 21.7 Å². The topological polar surface area (TPSA) is 177 Å². The van der Waals surface area contributed by atoms with E-state index < -0.39 is 70.1 Å². The Bertz CT molecular complexity index is 2810. The molecule has 2 fully saturated rings. The molecule has 3 heterocycles. The average Bonchev–Trinajstić information content (AvgIpc) is 3.98. The van der Waals surface area contributed by atoms with E-state index >= 15 is 0 Å². The largest absolute Gasteiger partial charge is 0.491 e. The lowest BCUT2D eigenvalue weighted by Gasteiger charge is -2.35. The summed E-state index contributed by atoms with van der Waals surface area (Å²) in [6, 6.07) is 24.9. The lowest BCUT2D eigenvalue weighted by Crippen LogP contribution is -2.58. The van der Waals surface area contributed by atoms with E-state index in [1.54, 1.807) is 86.7 Å². The van der Waals surface area contributed by atoms with Gasteiger partial charge in [-0.25, -0.2) is 4.98 Å². The van der Waals surface area contributed by atoms with E-state index in [-0.39, 0.29) is 50.1 Å². The fourth-order valence-electron chi connectivity index (χ4n) is 8.37. The summed E-state index contributed by atoms with van der Waals surface area (Å²) < 4.78 is 52.7. The number of ether oxygens (including phenoxy) is 2. The Kier molecular flexibility index (Phi) is 15.1. The predicted octanol–water partition coefficient (Wildman–Crippen LogP) is 7.80. The first-order valence-corrected chi connectivity index (χ1v) is 23.6. The highest BCUT2D eigenvalue weighted by Gasteiger charge is 2.51. The van der Waals surface area contributed by atoms with Crippen LogP contribution in [0.5, 0.6) is 5.75 Å². The first-order valence-electron chi connectivity index (χ1n) is 22.3. The number of aliphatic hydroxyl groups is 1. The Labute approximate surface area is 413 Å². The lowest BCUT2D eigenvalue weighted by molar-refractivity contribution is -0.144. The molecule has 70 heavy (non-hydrogen) atoms. The van der Waals surface area contributed by atoms with Crippen molar-refractivity contribution in [3.63, 3.8) is 0 Å². The Morgan fingerprint density at radius 3 is 2.19 bits per heavy atom. The van der Waals surface area contributed by atoms with Gasteiger partial charge in [-0.1, -0.05) is 69.3 Å². The maximum atomic E-state index is 14.0. The number of β-amino-alcohol motifs (C(OH)–C–C–N with tert-alkyl or cyclic N) is 1. The Morgan fingerprint density at radius 2 is 1.59 bits per heavy atom. The SMILES string of the molecule is Cc1ncsc1-c1ccc(CNC(=O)[C@@H]2C[C@@H](O)CN2C(=O)C(NC(=O)COCCOc2ccc(-c3ccc(N4C(=S)N(c5ccc(C#N)c(C(F)(F)F)c5)C(=O)C4(C)C)cc3)cc2)C(C)(C)C)cc1. The number of rotatable bonds is 15. The highest BCUT2D eigenvalue weighted by molar-refractivity contribution is 7.81. The highest BCUT2D eigenvalue weighted by Crippen LogP contribution is 2.40. The van der Waals surface area contributed by atoms with Crippen molar-refractivity contribution in [2.24, 2.45) is 5.41 Å². The first-order chi connectivity index (χ1) is 33.1. The number of nitrogens with one attached hydrogen (secondary N) is 2. The second kappa shape index (κ2) is 20.7. The summed E-state index contributed by atoms with van der Waals surface area (Å²) in [5, 5.41) is 25.5. The highest BCUT2D eigenvalue weighted by atomic mass is 32.1. The molecule has 0 radical (unpaired) electrons. The number of nitriles is 1. The zero-order valence-electron chi connectivity index (χ0n) is 39.3. The summed E-state index contributed by atoms with van der Waals surface area (Å²) in [7, 11) is 0. The maximum Gasteiger partial charge on any atom is 0.417 e. The van der Waals surface area contributed by atoms with Gasteiger partial charge in [0.15, 0.2) is 5.11 Å². The van der Waals surface area contributed by atoms with Crippen molar-refractivity contribution in [1.29, 1.82) is 5.26 Å². The third kappa shape index (κ3) is 11.2. The molecule has 19 heteroatoms. The van der Waals surface area contributed by atoms with Crippen molar-refractivity contribution in [1.82, 2.24) is 20.5 Å². The number of anilines is 2. The van der Waals surface area contributed by atoms with E-state index in [0.29, 0.717) is 11.4 Å². The van der Waals surface area contributed by atoms with Gasteiger partial charge >= 0.3 is 6.18 Å². The minimum Gasteiger partial charge on any atom is -0.491 e. The van der Waals surface area contributed by atoms with Gasteiger partial charge in [0.05, 0.1) is 51.7 Å². The number of amides is 4. The number of halogens is 3. The average molecular weight is 996 g/mol. The summed E-state index contributed by atoms with van der Waals surface area (Å²) in [6.07, 6.45) is -5.66. The van der Waals surface area contributed by atoms with Gasteiger partial charge in [-0.2, -0.15) is 18.4 Å². The molecule has 0 aliphatic carbocycles. The van der Waals surface area contributed by atoms with Crippen molar-refractivity contribution in [3.05, 3.63) is 119 Å². The third-order valence-corrected chi connectivity index (χ3v) is 13.5. The fourth-order valence-corrected chi connectivity index (χ4v) is 9.71. The number of carbonyl (C=O) groups excluding carboxylic acids is 4. The molecule has 3 N–H and O–H groups in total. The van der Waals surface area contributed by atoms with Crippen LogP contribution in [0.25, 0.3) is 21.6 Å². The number of thiocarbonyl (C=S) groups is 1. The molecule has 5 aromatic rings. The predicted molar refractivity (Wildman–Crippen MR) is 263 cm³/mol. The molecule has 2 aliphatic heterocycles. The molecule has 2 aliphatic rings. The number of aryl methyl sites for hydroxylation is 1. The molecule has 4 aromatic carbocycles. The van der Waals surface area contributed by atoms with E-state index in [1.807, 2.05) is 55.5 Å². The maximum absolute atomic E-state index is 14.0. The molecule has 3 atom stereocenters. The smallest absolute Gasteiger partial charge is 0.417 e. The number of alkyl halides is 3. The minimum absolute atomic E-state index is 0.0106. The van der Waals surface area contributed by atoms with Crippen LogP contribution in [0.15, 0.2) is 96.5 Å². The summed E-state index contributed by atoms with van der Waals surface area (Å²) in [5.41, 5.74) is 3.04. The molecule has 366 valence electrons. The van der Waals surface area contributed by atoms with Crippen molar-refractivity contribution in [2.45, 2.75) is 84.4 Å². The van der Waals surface area contributed by atoms with Crippen LogP contribution in [0.1, 0.15) is 63.4 Å². The molecule has 14 nitrogen and oxygen atoms in total. The van der Waals surface area contributed by atoms with E-state index in [2.05, 4.69) is 15.6 Å². The quantitative estimate of drug-likeness (QED) is 0.0689. The Hall–Kier alpha value is -6.72. The summed E-state index contributed by atoms with van der Waals surface area (Å²) >= 11 is 7.22. The monoisotopic (exact) mass is 995 g/mol. The number of hydrogen-bond acceptors (Lipinski definition) is 11. The van der Waals surface area contributed by atoms with Crippen LogP contribution in [-0.4, -0.2) is 93.8 Å². The zero-order chi connectivity index (χ0) is 50.7. The zero-order valence-corrected chi connectivity index (χ0v) is 40.9. The van der Waals surface area contributed by atoms with Gasteiger partial charge in [-0.3, -0.25) is 24.1 Å². The number of nitrogens with zero attached hydrogens (tertiary/aromatic N) is 5. The Morgan fingerprint density at radius 1 is 0.957 bits per heavy atom. The molecule has 4 amide bonds. The van der Waals surface area contributed by atoms with Crippen molar-refractivity contribution < 1.29 is 46.9 Å². The van der Waals surface area contributed by atoms with Crippen molar-refractivity contribution in [2.75, 3.05) is 36.2 Å². The molecule has 0 spiro atoms. The van der Waals surface area contributed by atoms with Gasteiger partial charge < -0.3 is 35.0 Å². The summed E-state index contributed by atoms with van der Waals surface area (Å²) in [5.74, 6) is -1.41. The van der Waals surface area contributed by atoms with Crippen LogP contribution >= 0.6 is 23.6 Å². The molecule has 0 saturated carbocycles. The molecular formula is C51H52F3N7O7S2. The van der Waals surface area contributed by atoms with Gasteiger partial charge in [0, 0.05) is 25.2 Å². The normalized spacial score (nSPS) is 17.4. The van der Waals surface area contributed by atoms with Gasteiger partial charge in [0.2, 0.25) is 17.7 Å². The van der Waals surface area contributed by atoms with Gasteiger partial charge in [-0.05, 0) is 103 Å². The number of benzene rings is 4. The number of aliphatic hydroxyl groups excluding tert-OH is 1. The molecular weight excluding hydrogens is 944 g/mol. The number of carbonyl (C=O) groups is 4. The van der Waals surface area contributed by atoms with Gasteiger partial charge in [0.1, 0.15) is 36.6 Å². The summed E-state index contributed by atoms with van der Waals surface area (Å²) in [6.45, 7) is 10.6. The molecule has 2 saturated heterocycles. The molecule has 7 rings (SSSR count). The van der Waals surface area contributed by atoms with Crippen LogP contribution in [0.2, 0.25) is 0 Å². The fraction of sp³-hybridized carbons (Fsp3) is 0.353. The molecule has 1 unspecified atom stereocenters. The standard InChI is InChI=1S/C51H52F3N7O7S2/c1-30-43(70-29-57-30)34-9-7-31(8-10-34)26-56-45(64)41-24-38(62)27-59(41)46(65)44(49(2,3)4)58-42(63)28-67-21-22-68-39-19-14-33(15-20-39)32-11-16-36(17-12-32)61-48(69)60(47(66)50(61,5)6)37-18-13-35(25-55)40(23-37)51(52,53)54/h7-20,23,29,38,41,44,62H,21-22,24,26-28H2,1-6H3,(H,56,64)(H,58,63)/t38-,41+,44?/m1/s1. The van der Waals surface area contributed by atoms with Crippen molar-refractivity contribution in [3.8, 4) is 33.4 Å². The number of likely N-dealkylation sites (tertiary alicyclic amines) is 1. The van der Waals surface area contributed by atoms with E-state index in [1.165, 1.54) is 11.0 Å². The number of thiazole rings is 1. The third-order valence-electron chi connectivity index (χ3n) is 12.1. The Balaban J connectivity index is 0.880. The van der Waals surface area contributed by atoms with Crippen LogP contribution in [0.3, 0.4) is 0 Å². The lowest BCUT2D eigenvalue weighted by atomic mass is 9.85. The second-order valence-electron chi connectivity index (χ2n) is 18.6. The number of aromatic nitrogens is 1. The van der Waals surface area contributed by atoms with Gasteiger partial charge in [-0.15, -0.1) is 11.3 Å². The van der Waals surface area contributed by atoms with E-state index in [0.717, 1.165) is 49.9 Å². The van der Waals surface area contributed by atoms with Crippen LogP contribution in [0.4, 0.5) is 24.5 Å². The van der Waals surface area contributed by atoms with Crippen molar-refractivity contribution >= 4 is 63.7 Å². The number of hydrogen-bond donors (Lipinski definition) is 3. The first kappa shape index (κ1) is 51.1. The minimum atomic E-state index is -4.81. The molecule has 1 aromatic heterocycles. The van der Waals surface area contributed by atoms with Crippen LogP contribution < -0.4 is 25.2 Å². The van der Waals surface area contributed by atoms with Gasteiger partial charge in [0.25, 0.3) is 5.91 Å². The van der Waals surface area contributed by atoms with Crippen LogP contribution in [0, 0.1) is 23.7 Å². The second-order valence-corrected chi connectivity index (χ2v) is 19.8. The van der Waals surface area contributed by atoms with E-state index in [9.17, 15) is 42.7 Å². The molecule has 0 bridgehead atoms. The summed E-state index contributed by atoms with van der Waals surface area (Å²) in [4.78, 5) is 63.6. The van der Waals surface area contributed by atoms with Crippen LogP contribution in [-0.2, 0) is 36.6 Å².